The first-order chi connectivity index (χ1) is 13.2. The number of likely N-dealkylation sites (tertiary alicyclic amines) is 1. The number of aromatic nitrogens is 1. The van der Waals surface area contributed by atoms with Crippen LogP contribution in [0, 0.1) is 6.92 Å². The van der Waals surface area contributed by atoms with Crippen molar-refractivity contribution in [3.8, 4) is 0 Å². The van der Waals surface area contributed by atoms with E-state index in [0.717, 1.165) is 42.8 Å². The van der Waals surface area contributed by atoms with Crippen LogP contribution in [0.4, 0.5) is 0 Å². The number of benzene rings is 2. The zero-order chi connectivity index (χ0) is 18.7. The summed E-state index contributed by atoms with van der Waals surface area (Å²) >= 11 is 0. The molecule has 1 fully saturated rings. The molecule has 2 aromatic carbocycles. The largest absolute Gasteiger partial charge is 0.379 e. The average molecular weight is 358 g/mol. The Morgan fingerprint density at radius 1 is 0.963 bits per heavy atom. The normalized spacial score (nSPS) is 17.9. The third-order valence-corrected chi connectivity index (χ3v) is 5.74. The van der Waals surface area contributed by atoms with Gasteiger partial charge in [0, 0.05) is 18.8 Å². The summed E-state index contributed by atoms with van der Waals surface area (Å²) in [5.41, 5.74) is 3.15. The van der Waals surface area contributed by atoms with Crippen LogP contribution in [0.1, 0.15) is 35.2 Å². The lowest BCUT2D eigenvalue weighted by Crippen LogP contribution is -2.48. The number of aliphatic hydroxyl groups is 1. The van der Waals surface area contributed by atoms with E-state index >= 15 is 0 Å². The Balaban J connectivity index is 1.74. The van der Waals surface area contributed by atoms with Crippen LogP contribution in [0.5, 0.6) is 0 Å². The molecule has 1 saturated heterocycles. The van der Waals surface area contributed by atoms with Gasteiger partial charge in [-0.3, -0.25) is 9.88 Å². The Morgan fingerprint density at radius 2 is 1.59 bits per heavy atom. The highest BCUT2D eigenvalue weighted by molar-refractivity contribution is 5.38. The van der Waals surface area contributed by atoms with Gasteiger partial charge < -0.3 is 5.11 Å². The predicted octanol–water partition coefficient (Wildman–Crippen LogP) is 4.29. The van der Waals surface area contributed by atoms with Gasteiger partial charge in [-0.2, -0.15) is 0 Å². The van der Waals surface area contributed by atoms with Crippen LogP contribution in [0.15, 0.2) is 79.0 Å². The second-order valence-electron chi connectivity index (χ2n) is 7.39. The van der Waals surface area contributed by atoms with Crippen LogP contribution >= 0.6 is 0 Å². The SMILES string of the molecule is Cc1cccnc1CN1CCC[C@H]1C(O)(c1ccccc1)c1ccccc1. The molecule has 27 heavy (non-hydrogen) atoms. The van der Waals surface area contributed by atoms with Crippen LogP contribution in [0.2, 0.25) is 0 Å². The molecule has 3 heteroatoms. The number of pyridine rings is 1. The standard InChI is InChI=1S/C24H26N2O/c1-19-10-8-16-25-22(19)18-26-17-9-15-23(26)24(27,20-11-4-2-5-12-20)21-13-6-3-7-14-21/h2-8,10-14,16,23,27H,9,15,17-18H2,1H3/t23-/m0/s1. The lowest BCUT2D eigenvalue weighted by molar-refractivity contribution is -0.00694. The highest BCUT2D eigenvalue weighted by Gasteiger charge is 2.45. The van der Waals surface area contributed by atoms with E-state index < -0.39 is 5.60 Å². The molecular formula is C24H26N2O. The fraction of sp³-hybridized carbons (Fsp3) is 0.292. The number of hydrogen-bond donors (Lipinski definition) is 1. The third-order valence-electron chi connectivity index (χ3n) is 5.74. The second kappa shape index (κ2) is 7.63. The minimum atomic E-state index is -1.04. The van der Waals surface area contributed by atoms with E-state index in [1.165, 1.54) is 5.56 Å². The first-order valence-corrected chi connectivity index (χ1v) is 9.67. The molecule has 1 aliphatic heterocycles. The van der Waals surface area contributed by atoms with Crippen molar-refractivity contribution in [1.29, 1.82) is 0 Å². The van der Waals surface area contributed by atoms with Gasteiger partial charge >= 0.3 is 0 Å². The number of aryl methyl sites for hydroxylation is 1. The maximum Gasteiger partial charge on any atom is 0.130 e. The molecule has 1 aromatic heterocycles. The third kappa shape index (κ3) is 3.41. The summed E-state index contributed by atoms with van der Waals surface area (Å²) in [5, 5.41) is 12.1. The minimum absolute atomic E-state index is 0.0173. The van der Waals surface area contributed by atoms with Gasteiger partial charge in [0.25, 0.3) is 0 Å². The zero-order valence-corrected chi connectivity index (χ0v) is 15.8. The van der Waals surface area contributed by atoms with E-state index in [2.05, 4.69) is 22.9 Å². The number of rotatable bonds is 5. The predicted molar refractivity (Wildman–Crippen MR) is 108 cm³/mol. The van der Waals surface area contributed by atoms with Crippen molar-refractivity contribution in [2.45, 2.75) is 38.0 Å². The Bertz CT molecular complexity index is 840. The fourth-order valence-corrected chi connectivity index (χ4v) is 4.30. The smallest absolute Gasteiger partial charge is 0.130 e. The van der Waals surface area contributed by atoms with Crippen molar-refractivity contribution in [1.82, 2.24) is 9.88 Å². The van der Waals surface area contributed by atoms with Gasteiger partial charge in [-0.25, -0.2) is 0 Å². The molecule has 0 saturated carbocycles. The van der Waals surface area contributed by atoms with Crippen LogP contribution < -0.4 is 0 Å². The molecule has 0 amide bonds. The molecule has 0 aliphatic carbocycles. The van der Waals surface area contributed by atoms with Crippen molar-refractivity contribution < 1.29 is 5.11 Å². The van der Waals surface area contributed by atoms with E-state index in [1.54, 1.807) is 0 Å². The lowest BCUT2D eigenvalue weighted by Gasteiger charge is -2.40. The Hall–Kier alpha value is -2.49. The summed E-state index contributed by atoms with van der Waals surface area (Å²) in [6.45, 7) is 3.84. The molecule has 0 unspecified atom stereocenters. The average Bonchev–Trinajstić information content (AvgIpc) is 3.19. The highest BCUT2D eigenvalue weighted by Crippen LogP contribution is 2.40. The summed E-state index contributed by atoms with van der Waals surface area (Å²) in [6, 6.07) is 24.3. The van der Waals surface area contributed by atoms with Gasteiger partial charge in [-0.15, -0.1) is 0 Å². The van der Waals surface area contributed by atoms with Gasteiger partial charge in [-0.05, 0) is 49.1 Å². The van der Waals surface area contributed by atoms with Gasteiger partial charge in [0.1, 0.15) is 5.60 Å². The second-order valence-corrected chi connectivity index (χ2v) is 7.39. The Labute approximate surface area is 161 Å². The molecule has 1 atom stereocenters. The minimum Gasteiger partial charge on any atom is -0.379 e. The van der Waals surface area contributed by atoms with E-state index in [-0.39, 0.29) is 6.04 Å². The van der Waals surface area contributed by atoms with Crippen molar-refractivity contribution in [2.75, 3.05) is 6.54 Å². The molecule has 1 N–H and O–H groups in total. The molecule has 3 nitrogen and oxygen atoms in total. The van der Waals surface area contributed by atoms with Gasteiger partial charge in [0.05, 0.1) is 5.69 Å². The fourth-order valence-electron chi connectivity index (χ4n) is 4.30. The molecule has 1 aliphatic rings. The van der Waals surface area contributed by atoms with Crippen LogP contribution in [-0.4, -0.2) is 27.6 Å². The Kier molecular flexibility index (Phi) is 5.06. The molecule has 0 radical (unpaired) electrons. The van der Waals surface area contributed by atoms with Crippen molar-refractivity contribution in [2.24, 2.45) is 0 Å². The first kappa shape index (κ1) is 17.9. The van der Waals surface area contributed by atoms with Crippen LogP contribution in [-0.2, 0) is 12.1 Å². The zero-order valence-electron chi connectivity index (χ0n) is 15.8. The molecule has 138 valence electrons. The lowest BCUT2D eigenvalue weighted by atomic mass is 9.79. The number of hydrogen-bond acceptors (Lipinski definition) is 3. The van der Waals surface area contributed by atoms with E-state index in [4.69, 9.17) is 0 Å². The molecule has 4 rings (SSSR count). The topological polar surface area (TPSA) is 36.4 Å². The molecule has 0 bridgehead atoms. The summed E-state index contributed by atoms with van der Waals surface area (Å²) in [5.74, 6) is 0. The van der Waals surface area contributed by atoms with E-state index in [0.29, 0.717) is 0 Å². The molecular weight excluding hydrogens is 332 g/mol. The summed E-state index contributed by atoms with van der Waals surface area (Å²) in [6.07, 6.45) is 3.90. The van der Waals surface area contributed by atoms with E-state index in [9.17, 15) is 5.11 Å². The first-order valence-electron chi connectivity index (χ1n) is 9.67. The molecule has 2 heterocycles. The monoisotopic (exact) mass is 358 g/mol. The summed E-state index contributed by atoms with van der Waals surface area (Å²) in [4.78, 5) is 6.98. The maximum absolute atomic E-state index is 12.1. The quantitative estimate of drug-likeness (QED) is 0.739. The van der Waals surface area contributed by atoms with Gasteiger partial charge in [0.2, 0.25) is 0 Å². The summed E-state index contributed by atoms with van der Waals surface area (Å²) < 4.78 is 0. The Morgan fingerprint density at radius 3 is 2.19 bits per heavy atom. The van der Waals surface area contributed by atoms with Crippen molar-refractivity contribution >= 4 is 0 Å². The van der Waals surface area contributed by atoms with Gasteiger partial charge in [0.15, 0.2) is 0 Å². The summed E-state index contributed by atoms with van der Waals surface area (Å²) in [7, 11) is 0. The van der Waals surface area contributed by atoms with E-state index in [1.807, 2.05) is 72.9 Å². The highest BCUT2D eigenvalue weighted by atomic mass is 16.3. The maximum atomic E-state index is 12.1. The van der Waals surface area contributed by atoms with Gasteiger partial charge in [-0.1, -0.05) is 66.7 Å². The molecule has 0 spiro atoms. The van der Waals surface area contributed by atoms with Crippen LogP contribution in [0.3, 0.4) is 0 Å². The number of nitrogens with zero attached hydrogens (tertiary/aromatic N) is 2. The van der Waals surface area contributed by atoms with Crippen molar-refractivity contribution in [3.05, 3.63) is 101 Å². The molecule has 3 aromatic rings. The van der Waals surface area contributed by atoms with Crippen molar-refractivity contribution in [3.63, 3.8) is 0 Å². The van der Waals surface area contributed by atoms with Crippen LogP contribution in [0.25, 0.3) is 0 Å².